The van der Waals surface area contributed by atoms with Crippen LogP contribution in [0.15, 0.2) is 0 Å². The van der Waals surface area contributed by atoms with E-state index in [0.717, 1.165) is 19.4 Å². The summed E-state index contributed by atoms with van der Waals surface area (Å²) in [5.74, 6) is 0.904. The van der Waals surface area contributed by atoms with Gasteiger partial charge in [0, 0.05) is 19.1 Å². The Labute approximate surface area is 111 Å². The zero-order valence-corrected chi connectivity index (χ0v) is 12.0. The fourth-order valence-electron chi connectivity index (χ4n) is 3.42. The molecule has 0 heterocycles. The summed E-state index contributed by atoms with van der Waals surface area (Å²) in [6.45, 7) is 5.84. The maximum Gasteiger partial charge on any atom is 0.230 e. The molecule has 2 fully saturated rings. The molecular weight excluding hydrogens is 224 g/mol. The molecule has 18 heavy (non-hydrogen) atoms. The molecule has 2 saturated carbocycles. The van der Waals surface area contributed by atoms with Gasteiger partial charge in [-0.2, -0.15) is 0 Å². The second kappa shape index (κ2) is 5.60. The average molecular weight is 252 g/mol. The molecule has 0 radical (unpaired) electrons. The molecule has 1 amide bonds. The lowest BCUT2D eigenvalue weighted by atomic mass is 9.67. The lowest BCUT2D eigenvalue weighted by molar-refractivity contribution is -0.149. The number of carbonyl (C=O) groups excluding carboxylic acids is 1. The zero-order valence-electron chi connectivity index (χ0n) is 12.0. The Kier molecular flexibility index (Phi) is 4.31. The van der Waals surface area contributed by atoms with Crippen LogP contribution < -0.4 is 5.73 Å². The van der Waals surface area contributed by atoms with Crippen LogP contribution in [0.25, 0.3) is 0 Å². The normalized spacial score (nSPS) is 23.1. The number of nitrogens with zero attached hydrogens (tertiary/aromatic N) is 1. The summed E-state index contributed by atoms with van der Waals surface area (Å²) in [6, 6.07) is 0.490. The van der Waals surface area contributed by atoms with Crippen LogP contribution in [0.1, 0.15) is 58.8 Å². The van der Waals surface area contributed by atoms with E-state index in [2.05, 4.69) is 18.7 Å². The summed E-state index contributed by atoms with van der Waals surface area (Å²) in [6.07, 6.45) is 8.12. The first-order valence-electron chi connectivity index (χ1n) is 7.60. The third-order valence-corrected chi connectivity index (χ3v) is 4.74. The highest BCUT2D eigenvalue weighted by atomic mass is 16.2. The van der Waals surface area contributed by atoms with Crippen LogP contribution >= 0.6 is 0 Å². The highest BCUT2D eigenvalue weighted by Gasteiger charge is 2.46. The molecule has 0 saturated heterocycles. The number of hydrogen-bond acceptors (Lipinski definition) is 2. The molecule has 3 nitrogen and oxygen atoms in total. The third kappa shape index (κ3) is 2.56. The SMILES string of the molecule is CC(C)CN(C(=O)C1(CN)CCC1)C1CCCC1. The van der Waals surface area contributed by atoms with Crippen LogP contribution in [0.5, 0.6) is 0 Å². The molecule has 2 aliphatic carbocycles. The first-order chi connectivity index (χ1) is 8.59. The fraction of sp³-hybridized carbons (Fsp3) is 0.933. The molecule has 0 aromatic carbocycles. The van der Waals surface area contributed by atoms with Crippen LogP contribution in [0.2, 0.25) is 0 Å². The van der Waals surface area contributed by atoms with Gasteiger partial charge in [-0.05, 0) is 31.6 Å². The molecule has 0 atom stereocenters. The summed E-state index contributed by atoms with van der Waals surface area (Å²) in [7, 11) is 0. The molecule has 0 aromatic rings. The van der Waals surface area contributed by atoms with Gasteiger partial charge in [-0.3, -0.25) is 4.79 Å². The average Bonchev–Trinajstić information content (AvgIpc) is 2.77. The van der Waals surface area contributed by atoms with E-state index >= 15 is 0 Å². The molecule has 3 heteroatoms. The van der Waals surface area contributed by atoms with E-state index in [0.29, 0.717) is 24.4 Å². The lowest BCUT2D eigenvalue weighted by Crippen LogP contribution is -2.55. The van der Waals surface area contributed by atoms with Crippen molar-refractivity contribution in [1.82, 2.24) is 4.90 Å². The molecule has 2 aliphatic rings. The Morgan fingerprint density at radius 3 is 2.28 bits per heavy atom. The van der Waals surface area contributed by atoms with Gasteiger partial charge in [-0.25, -0.2) is 0 Å². The number of rotatable bonds is 5. The molecule has 2 rings (SSSR count). The van der Waals surface area contributed by atoms with Gasteiger partial charge in [-0.15, -0.1) is 0 Å². The van der Waals surface area contributed by atoms with Gasteiger partial charge in [0.25, 0.3) is 0 Å². The second-order valence-corrected chi connectivity index (χ2v) is 6.63. The molecule has 0 unspecified atom stereocenters. The summed E-state index contributed by atoms with van der Waals surface area (Å²) in [4.78, 5) is 15.0. The molecule has 0 aliphatic heterocycles. The van der Waals surface area contributed by atoms with Gasteiger partial charge in [0.15, 0.2) is 0 Å². The molecular formula is C15H28N2O. The maximum absolute atomic E-state index is 12.8. The predicted octanol–water partition coefficient (Wildman–Crippen LogP) is 2.54. The Hall–Kier alpha value is -0.570. The fourth-order valence-corrected chi connectivity index (χ4v) is 3.42. The number of amides is 1. The summed E-state index contributed by atoms with van der Waals surface area (Å²) >= 11 is 0. The van der Waals surface area contributed by atoms with E-state index in [1.54, 1.807) is 0 Å². The number of hydrogen-bond donors (Lipinski definition) is 1. The summed E-state index contributed by atoms with van der Waals surface area (Å²) < 4.78 is 0. The highest BCUT2D eigenvalue weighted by Crippen LogP contribution is 2.43. The smallest absolute Gasteiger partial charge is 0.230 e. The van der Waals surface area contributed by atoms with Crippen molar-refractivity contribution in [3.05, 3.63) is 0 Å². The van der Waals surface area contributed by atoms with Crippen molar-refractivity contribution < 1.29 is 4.79 Å². The minimum atomic E-state index is -0.197. The number of nitrogens with two attached hydrogens (primary N) is 1. The van der Waals surface area contributed by atoms with E-state index in [9.17, 15) is 4.79 Å². The van der Waals surface area contributed by atoms with Crippen LogP contribution in [0.3, 0.4) is 0 Å². The van der Waals surface area contributed by atoms with Gasteiger partial charge < -0.3 is 10.6 Å². The van der Waals surface area contributed by atoms with E-state index < -0.39 is 0 Å². The van der Waals surface area contributed by atoms with Crippen molar-refractivity contribution in [2.75, 3.05) is 13.1 Å². The van der Waals surface area contributed by atoms with Crippen molar-refractivity contribution in [3.63, 3.8) is 0 Å². The van der Waals surface area contributed by atoms with Crippen LogP contribution in [-0.2, 0) is 4.79 Å². The van der Waals surface area contributed by atoms with Gasteiger partial charge in [0.1, 0.15) is 0 Å². The van der Waals surface area contributed by atoms with Crippen molar-refractivity contribution in [1.29, 1.82) is 0 Å². The van der Waals surface area contributed by atoms with Crippen molar-refractivity contribution >= 4 is 5.91 Å². The molecule has 2 N–H and O–H groups in total. The largest absolute Gasteiger partial charge is 0.339 e. The molecule has 0 spiro atoms. The minimum absolute atomic E-state index is 0.197. The maximum atomic E-state index is 12.8. The third-order valence-electron chi connectivity index (χ3n) is 4.74. The monoisotopic (exact) mass is 252 g/mol. The van der Waals surface area contributed by atoms with Crippen molar-refractivity contribution in [3.8, 4) is 0 Å². The summed E-state index contributed by atoms with van der Waals surface area (Å²) in [5.41, 5.74) is 5.69. The van der Waals surface area contributed by atoms with Crippen molar-refractivity contribution in [2.24, 2.45) is 17.1 Å². The quantitative estimate of drug-likeness (QED) is 0.817. The van der Waals surface area contributed by atoms with Gasteiger partial charge >= 0.3 is 0 Å². The second-order valence-electron chi connectivity index (χ2n) is 6.63. The first-order valence-corrected chi connectivity index (χ1v) is 7.60. The van der Waals surface area contributed by atoms with E-state index in [-0.39, 0.29) is 5.41 Å². The molecule has 0 bridgehead atoms. The summed E-state index contributed by atoms with van der Waals surface area (Å²) in [5, 5.41) is 0. The van der Waals surface area contributed by atoms with E-state index in [4.69, 9.17) is 5.73 Å². The van der Waals surface area contributed by atoms with E-state index in [1.165, 1.54) is 32.1 Å². The first kappa shape index (κ1) is 13.9. The van der Waals surface area contributed by atoms with Crippen molar-refractivity contribution in [2.45, 2.75) is 64.8 Å². The zero-order chi connectivity index (χ0) is 13.2. The van der Waals surface area contributed by atoms with Gasteiger partial charge in [-0.1, -0.05) is 33.1 Å². The predicted molar refractivity (Wildman–Crippen MR) is 74.1 cm³/mol. The molecule has 0 aromatic heterocycles. The minimum Gasteiger partial charge on any atom is -0.339 e. The Morgan fingerprint density at radius 2 is 1.89 bits per heavy atom. The van der Waals surface area contributed by atoms with E-state index in [1.807, 2.05) is 0 Å². The highest BCUT2D eigenvalue weighted by molar-refractivity contribution is 5.84. The van der Waals surface area contributed by atoms with Gasteiger partial charge in [0.2, 0.25) is 5.91 Å². The van der Waals surface area contributed by atoms with Crippen LogP contribution in [0, 0.1) is 11.3 Å². The number of carbonyl (C=O) groups is 1. The van der Waals surface area contributed by atoms with Gasteiger partial charge in [0.05, 0.1) is 5.41 Å². The Bertz CT molecular complexity index is 285. The standard InChI is InChI=1S/C15H28N2O/c1-12(2)10-17(13-6-3-4-7-13)14(18)15(11-16)8-5-9-15/h12-13H,3-11,16H2,1-2H3. The Morgan fingerprint density at radius 1 is 1.28 bits per heavy atom. The topological polar surface area (TPSA) is 46.3 Å². The lowest BCUT2D eigenvalue weighted by Gasteiger charge is -2.45. The Balaban J connectivity index is 2.09. The van der Waals surface area contributed by atoms with Crippen LogP contribution in [0.4, 0.5) is 0 Å². The molecule has 104 valence electrons. The van der Waals surface area contributed by atoms with Crippen LogP contribution in [-0.4, -0.2) is 29.9 Å².